The minimum Gasteiger partial charge on any atom is -0.435 e. The lowest BCUT2D eigenvalue weighted by Gasteiger charge is -2.31. The zero-order chi connectivity index (χ0) is 40.7. The molecule has 0 atom stereocenters. The van der Waals surface area contributed by atoms with Crippen LogP contribution in [0, 0.1) is 0 Å². The minimum atomic E-state index is -0.165. The zero-order valence-electron chi connectivity index (χ0n) is 33.9. The van der Waals surface area contributed by atoms with Crippen LogP contribution in [0.4, 0.5) is 17.1 Å². The van der Waals surface area contributed by atoms with E-state index in [-0.39, 0.29) is 5.41 Å². The van der Waals surface area contributed by atoms with E-state index >= 15 is 0 Å². The van der Waals surface area contributed by atoms with Gasteiger partial charge in [-0.05, 0) is 104 Å². The average molecular weight is 781 g/mol. The van der Waals surface area contributed by atoms with Crippen LogP contribution >= 0.6 is 0 Å². The summed E-state index contributed by atoms with van der Waals surface area (Å²) in [5.74, 6) is 0.626. The highest BCUT2D eigenvalue weighted by Gasteiger charge is 2.36. The van der Waals surface area contributed by atoms with Crippen LogP contribution in [-0.4, -0.2) is 4.98 Å². The number of fused-ring (bicyclic) bond motifs is 10. The molecule has 10 aromatic carbocycles. The smallest absolute Gasteiger partial charge is 0.227 e. The second-order valence-electron chi connectivity index (χ2n) is 16.7. The molecular formula is C58H40N2O. The van der Waals surface area contributed by atoms with E-state index in [9.17, 15) is 0 Å². The van der Waals surface area contributed by atoms with Crippen molar-refractivity contribution in [2.24, 2.45) is 0 Å². The van der Waals surface area contributed by atoms with Crippen LogP contribution in [0.15, 0.2) is 211 Å². The Morgan fingerprint density at radius 1 is 0.426 bits per heavy atom. The summed E-state index contributed by atoms with van der Waals surface area (Å²) in [5.41, 5.74) is 15.8. The lowest BCUT2D eigenvalue weighted by molar-refractivity contribution is 0.623. The maximum Gasteiger partial charge on any atom is 0.227 e. The first kappa shape index (κ1) is 35.2. The van der Waals surface area contributed by atoms with Crippen LogP contribution in [-0.2, 0) is 5.41 Å². The third-order valence-electron chi connectivity index (χ3n) is 12.9. The molecule has 0 saturated carbocycles. The largest absolute Gasteiger partial charge is 0.435 e. The second-order valence-corrected chi connectivity index (χ2v) is 16.7. The molecule has 1 aliphatic rings. The third-order valence-corrected chi connectivity index (χ3v) is 12.9. The lowest BCUT2D eigenvalue weighted by atomic mass is 9.82. The summed E-state index contributed by atoms with van der Waals surface area (Å²) in [5, 5.41) is 6.82. The fourth-order valence-electron chi connectivity index (χ4n) is 9.89. The Kier molecular flexibility index (Phi) is 7.88. The Labute approximate surface area is 354 Å². The van der Waals surface area contributed by atoms with Crippen molar-refractivity contribution in [3.05, 3.63) is 217 Å². The molecule has 0 amide bonds. The van der Waals surface area contributed by atoms with Crippen LogP contribution < -0.4 is 4.90 Å². The first-order chi connectivity index (χ1) is 30.0. The van der Waals surface area contributed by atoms with Crippen molar-refractivity contribution < 1.29 is 4.42 Å². The van der Waals surface area contributed by atoms with Crippen molar-refractivity contribution in [2.75, 3.05) is 4.90 Å². The highest BCUT2D eigenvalue weighted by molar-refractivity contribution is 6.27. The van der Waals surface area contributed by atoms with Crippen molar-refractivity contribution in [1.29, 1.82) is 0 Å². The van der Waals surface area contributed by atoms with Crippen molar-refractivity contribution in [3.8, 4) is 44.8 Å². The summed E-state index contributed by atoms with van der Waals surface area (Å²) in [6.07, 6.45) is 0. The molecule has 288 valence electrons. The van der Waals surface area contributed by atoms with Crippen LogP contribution in [0.25, 0.3) is 88.3 Å². The third kappa shape index (κ3) is 5.55. The summed E-state index contributed by atoms with van der Waals surface area (Å²) in [6.45, 7) is 4.72. The summed E-state index contributed by atoms with van der Waals surface area (Å²) in [7, 11) is 0. The molecule has 0 aliphatic heterocycles. The molecule has 12 rings (SSSR count). The molecule has 0 fully saturated rings. The van der Waals surface area contributed by atoms with Gasteiger partial charge in [0.05, 0.1) is 11.4 Å². The van der Waals surface area contributed by atoms with E-state index in [1.165, 1.54) is 33.4 Å². The molecule has 0 unspecified atom stereocenters. The van der Waals surface area contributed by atoms with Crippen LogP contribution in [0.5, 0.6) is 0 Å². The van der Waals surface area contributed by atoms with E-state index in [1.54, 1.807) is 0 Å². The van der Waals surface area contributed by atoms with Gasteiger partial charge in [-0.25, -0.2) is 4.98 Å². The van der Waals surface area contributed by atoms with Gasteiger partial charge in [-0.1, -0.05) is 172 Å². The molecule has 1 aliphatic carbocycles. The van der Waals surface area contributed by atoms with E-state index in [4.69, 9.17) is 9.40 Å². The van der Waals surface area contributed by atoms with Gasteiger partial charge in [-0.2, -0.15) is 0 Å². The highest BCUT2D eigenvalue weighted by atomic mass is 16.3. The maximum atomic E-state index is 6.72. The Morgan fingerprint density at radius 3 is 1.87 bits per heavy atom. The van der Waals surface area contributed by atoms with Gasteiger partial charge in [0.1, 0.15) is 5.52 Å². The van der Waals surface area contributed by atoms with E-state index in [1.807, 2.05) is 18.2 Å². The zero-order valence-corrected chi connectivity index (χ0v) is 33.9. The Bertz CT molecular complexity index is 3490. The standard InChI is InChI=1S/C58H40N2O/c1-58(2)49-23-13-12-21-44(49)45-32-30-43(36-50(45)58)60(53-34-29-42(37-15-6-3-7-16-37)35-48(53)38-17-8-4-9-18-38)52-24-14-22-47-46(52)31-27-39-25-26-40-28-33-51-56(55(40)54(39)47)61-57(59-51)41-19-10-5-11-20-41/h3-36H,1-2H3. The normalized spacial score (nSPS) is 12.9. The molecule has 0 radical (unpaired) electrons. The Balaban J connectivity index is 1.15. The van der Waals surface area contributed by atoms with E-state index in [0.29, 0.717) is 5.89 Å². The first-order valence-electron chi connectivity index (χ1n) is 21.0. The topological polar surface area (TPSA) is 29.3 Å². The van der Waals surface area contributed by atoms with Gasteiger partial charge < -0.3 is 9.32 Å². The van der Waals surface area contributed by atoms with Gasteiger partial charge >= 0.3 is 0 Å². The van der Waals surface area contributed by atoms with Crippen LogP contribution in [0.1, 0.15) is 25.0 Å². The molecule has 61 heavy (non-hydrogen) atoms. The van der Waals surface area contributed by atoms with E-state index in [2.05, 4.69) is 207 Å². The van der Waals surface area contributed by atoms with Crippen molar-refractivity contribution in [3.63, 3.8) is 0 Å². The molecule has 0 N–H and O–H groups in total. The summed E-state index contributed by atoms with van der Waals surface area (Å²) < 4.78 is 6.72. The molecule has 3 nitrogen and oxygen atoms in total. The molecule has 11 aromatic rings. The van der Waals surface area contributed by atoms with Crippen molar-refractivity contribution >= 4 is 60.5 Å². The van der Waals surface area contributed by atoms with Gasteiger partial charge in [0.15, 0.2) is 5.58 Å². The van der Waals surface area contributed by atoms with Crippen molar-refractivity contribution in [1.82, 2.24) is 4.98 Å². The average Bonchev–Trinajstić information content (AvgIpc) is 3.86. The fourth-order valence-corrected chi connectivity index (χ4v) is 9.89. The Morgan fingerprint density at radius 2 is 1.08 bits per heavy atom. The predicted octanol–water partition coefficient (Wildman–Crippen LogP) is 16.1. The van der Waals surface area contributed by atoms with Crippen molar-refractivity contribution in [2.45, 2.75) is 19.3 Å². The number of hydrogen-bond acceptors (Lipinski definition) is 3. The number of oxazole rings is 1. The molecular weight excluding hydrogens is 741 g/mol. The first-order valence-corrected chi connectivity index (χ1v) is 21.0. The Hall–Kier alpha value is -7.75. The van der Waals surface area contributed by atoms with Gasteiger partial charge in [0.25, 0.3) is 0 Å². The second kappa shape index (κ2) is 13.7. The number of nitrogens with zero attached hydrogens (tertiary/aromatic N) is 2. The number of hydrogen-bond donors (Lipinski definition) is 0. The van der Waals surface area contributed by atoms with Gasteiger partial charge in [-0.15, -0.1) is 0 Å². The molecule has 0 bridgehead atoms. The molecule has 0 spiro atoms. The van der Waals surface area contributed by atoms with Crippen LogP contribution in [0.3, 0.4) is 0 Å². The monoisotopic (exact) mass is 780 g/mol. The molecule has 1 heterocycles. The lowest BCUT2D eigenvalue weighted by Crippen LogP contribution is -2.17. The summed E-state index contributed by atoms with van der Waals surface area (Å²) in [6, 6.07) is 74.6. The number of rotatable bonds is 6. The number of benzene rings is 10. The SMILES string of the molecule is CC1(C)c2ccccc2-c2ccc(N(c3ccc(-c4ccccc4)cc3-c3ccccc3)c3cccc4c3ccc3ccc5ccc6nc(-c7ccccc7)oc6c5c34)cc21. The van der Waals surface area contributed by atoms with E-state index in [0.717, 1.165) is 77.2 Å². The van der Waals surface area contributed by atoms with Gasteiger partial charge in [0, 0.05) is 38.4 Å². The van der Waals surface area contributed by atoms with Gasteiger partial charge in [0.2, 0.25) is 5.89 Å². The maximum absolute atomic E-state index is 6.72. The number of aromatic nitrogens is 1. The van der Waals surface area contributed by atoms with E-state index < -0.39 is 0 Å². The molecule has 1 aromatic heterocycles. The van der Waals surface area contributed by atoms with Crippen LogP contribution in [0.2, 0.25) is 0 Å². The quantitative estimate of drug-likeness (QED) is 0.157. The summed E-state index contributed by atoms with van der Waals surface area (Å²) >= 11 is 0. The fraction of sp³-hybridized carbons (Fsp3) is 0.0517. The number of anilines is 3. The predicted molar refractivity (Wildman–Crippen MR) is 255 cm³/mol. The minimum absolute atomic E-state index is 0.165. The molecule has 0 saturated heterocycles. The highest BCUT2D eigenvalue weighted by Crippen LogP contribution is 2.52. The van der Waals surface area contributed by atoms with Gasteiger partial charge in [-0.3, -0.25) is 0 Å². The molecule has 3 heteroatoms. The summed E-state index contributed by atoms with van der Waals surface area (Å²) in [4.78, 5) is 7.49.